The minimum absolute atomic E-state index is 0.0243. The molecule has 4 heteroatoms. The topological polar surface area (TPSA) is 30.0 Å². The molecular formula is C13H9Br2NO. The fourth-order valence-corrected chi connectivity index (χ4v) is 2.31. The third-order valence-corrected chi connectivity index (χ3v) is 3.64. The highest BCUT2D eigenvalue weighted by Crippen LogP contribution is 2.24. The van der Waals surface area contributed by atoms with Crippen molar-refractivity contribution in [3.63, 3.8) is 0 Å². The van der Waals surface area contributed by atoms with Crippen molar-refractivity contribution >= 4 is 37.6 Å². The molecule has 0 N–H and O–H groups in total. The lowest BCUT2D eigenvalue weighted by Gasteiger charge is -2.06. The van der Waals surface area contributed by atoms with Crippen LogP contribution in [0.4, 0.5) is 0 Å². The number of carbonyl (C=O) groups is 1. The summed E-state index contributed by atoms with van der Waals surface area (Å²) in [5, 5.41) is 0. The van der Waals surface area contributed by atoms with Crippen LogP contribution in [0.1, 0.15) is 21.5 Å². The Morgan fingerprint density at radius 2 is 1.94 bits per heavy atom. The van der Waals surface area contributed by atoms with Crippen LogP contribution in [0.5, 0.6) is 0 Å². The van der Waals surface area contributed by atoms with Crippen LogP contribution in [-0.4, -0.2) is 10.8 Å². The van der Waals surface area contributed by atoms with Crippen LogP contribution in [0.3, 0.4) is 0 Å². The fraction of sp³-hybridized carbons (Fsp3) is 0.0769. The minimum Gasteiger partial charge on any atom is -0.288 e. The molecule has 1 heterocycles. The monoisotopic (exact) mass is 353 g/mol. The lowest BCUT2D eigenvalue weighted by atomic mass is 10.0. The number of halogens is 2. The molecule has 0 saturated carbocycles. The van der Waals surface area contributed by atoms with Gasteiger partial charge in [-0.25, -0.2) is 0 Å². The Morgan fingerprint density at radius 1 is 1.18 bits per heavy atom. The van der Waals surface area contributed by atoms with E-state index < -0.39 is 0 Å². The highest BCUT2D eigenvalue weighted by atomic mass is 79.9. The van der Waals surface area contributed by atoms with Gasteiger partial charge in [-0.1, -0.05) is 31.9 Å². The van der Waals surface area contributed by atoms with E-state index in [2.05, 4.69) is 36.8 Å². The molecule has 2 rings (SSSR count). The molecular weight excluding hydrogens is 346 g/mol. The van der Waals surface area contributed by atoms with E-state index in [9.17, 15) is 4.79 Å². The van der Waals surface area contributed by atoms with E-state index in [1.54, 1.807) is 18.5 Å². The van der Waals surface area contributed by atoms with E-state index >= 15 is 0 Å². The molecule has 86 valence electrons. The zero-order valence-electron chi connectivity index (χ0n) is 9.08. The predicted molar refractivity (Wildman–Crippen MR) is 74.2 cm³/mol. The van der Waals surface area contributed by atoms with Crippen LogP contribution in [0, 0.1) is 6.92 Å². The average Bonchev–Trinajstić information content (AvgIpc) is 2.32. The van der Waals surface area contributed by atoms with Crippen molar-refractivity contribution in [2.24, 2.45) is 0 Å². The summed E-state index contributed by atoms with van der Waals surface area (Å²) in [5.41, 5.74) is 2.19. The highest BCUT2D eigenvalue weighted by molar-refractivity contribution is 9.11. The summed E-state index contributed by atoms with van der Waals surface area (Å²) < 4.78 is 1.67. The van der Waals surface area contributed by atoms with Crippen molar-refractivity contribution in [1.29, 1.82) is 0 Å². The zero-order chi connectivity index (χ0) is 12.4. The summed E-state index contributed by atoms with van der Waals surface area (Å²) in [6.07, 6.45) is 3.28. The minimum atomic E-state index is -0.0243. The van der Waals surface area contributed by atoms with Gasteiger partial charge in [-0.05, 0) is 36.8 Å². The number of hydrogen-bond acceptors (Lipinski definition) is 2. The number of benzene rings is 1. The fourth-order valence-electron chi connectivity index (χ4n) is 1.52. The average molecular weight is 355 g/mol. The number of carbonyl (C=O) groups excluding carboxylic acids is 1. The van der Waals surface area contributed by atoms with Gasteiger partial charge in [-0.2, -0.15) is 0 Å². The molecule has 0 amide bonds. The molecule has 1 aromatic heterocycles. The van der Waals surface area contributed by atoms with Gasteiger partial charge in [-0.15, -0.1) is 0 Å². The Kier molecular flexibility index (Phi) is 3.74. The molecule has 1 aromatic carbocycles. The van der Waals surface area contributed by atoms with Crippen molar-refractivity contribution in [2.75, 3.05) is 0 Å². The number of ketones is 1. The molecule has 17 heavy (non-hydrogen) atoms. The first-order valence-electron chi connectivity index (χ1n) is 5.00. The molecule has 0 atom stereocenters. The van der Waals surface area contributed by atoms with Gasteiger partial charge in [0.15, 0.2) is 5.78 Å². The van der Waals surface area contributed by atoms with Gasteiger partial charge < -0.3 is 0 Å². The molecule has 2 aromatic rings. The molecule has 0 fully saturated rings. The molecule has 0 saturated heterocycles. The molecule has 0 bridgehead atoms. The number of aromatic nitrogens is 1. The predicted octanol–water partition coefficient (Wildman–Crippen LogP) is 4.15. The number of pyridine rings is 1. The second-order valence-electron chi connectivity index (χ2n) is 3.64. The number of rotatable bonds is 2. The Morgan fingerprint density at radius 3 is 2.65 bits per heavy atom. The van der Waals surface area contributed by atoms with E-state index in [1.807, 2.05) is 25.1 Å². The van der Waals surface area contributed by atoms with Crippen molar-refractivity contribution in [3.8, 4) is 0 Å². The second kappa shape index (κ2) is 5.10. The maximum atomic E-state index is 12.3. The first-order chi connectivity index (χ1) is 8.09. The number of nitrogens with zero attached hydrogens (tertiary/aromatic N) is 1. The Hall–Kier alpha value is -1.000. The standard InChI is InChI=1S/C13H9Br2NO/c1-8-4-5-16-7-11(8)13(17)10-6-9(14)2-3-12(10)15/h2-7H,1H3. The normalized spacial score (nSPS) is 10.3. The number of aryl methyl sites for hydroxylation is 1. The maximum absolute atomic E-state index is 12.3. The molecule has 0 aliphatic heterocycles. The quantitative estimate of drug-likeness (QED) is 0.758. The first kappa shape index (κ1) is 12.5. The molecule has 2 nitrogen and oxygen atoms in total. The van der Waals surface area contributed by atoms with Gasteiger partial charge in [-0.3, -0.25) is 9.78 Å². The molecule has 0 spiro atoms. The van der Waals surface area contributed by atoms with Crippen molar-refractivity contribution in [2.45, 2.75) is 6.92 Å². The Labute approximate surface area is 116 Å². The number of hydrogen-bond donors (Lipinski definition) is 0. The van der Waals surface area contributed by atoms with E-state index in [1.165, 1.54) is 0 Å². The lowest BCUT2D eigenvalue weighted by Crippen LogP contribution is -2.05. The van der Waals surface area contributed by atoms with Crippen molar-refractivity contribution in [1.82, 2.24) is 4.98 Å². The smallest absolute Gasteiger partial charge is 0.196 e. The SMILES string of the molecule is Cc1ccncc1C(=O)c1cc(Br)ccc1Br. The summed E-state index contributed by atoms with van der Waals surface area (Å²) in [4.78, 5) is 16.3. The van der Waals surface area contributed by atoms with Gasteiger partial charge in [0.05, 0.1) is 0 Å². The zero-order valence-corrected chi connectivity index (χ0v) is 12.2. The van der Waals surface area contributed by atoms with Crippen LogP contribution in [0.15, 0.2) is 45.6 Å². The van der Waals surface area contributed by atoms with E-state index in [0.717, 1.165) is 14.5 Å². The second-order valence-corrected chi connectivity index (χ2v) is 5.41. The van der Waals surface area contributed by atoms with E-state index in [0.29, 0.717) is 11.1 Å². The van der Waals surface area contributed by atoms with Crippen LogP contribution in [0.25, 0.3) is 0 Å². The maximum Gasteiger partial charge on any atom is 0.196 e. The summed E-state index contributed by atoms with van der Waals surface area (Å²) >= 11 is 6.76. The van der Waals surface area contributed by atoms with Crippen LogP contribution < -0.4 is 0 Å². The third-order valence-electron chi connectivity index (χ3n) is 2.46. The summed E-state index contributed by atoms with van der Waals surface area (Å²) in [6, 6.07) is 7.37. The molecule has 0 aliphatic rings. The van der Waals surface area contributed by atoms with Crippen LogP contribution in [0.2, 0.25) is 0 Å². The van der Waals surface area contributed by atoms with E-state index in [-0.39, 0.29) is 5.78 Å². The molecule has 0 radical (unpaired) electrons. The van der Waals surface area contributed by atoms with Gasteiger partial charge in [0.2, 0.25) is 0 Å². The first-order valence-corrected chi connectivity index (χ1v) is 6.58. The largest absolute Gasteiger partial charge is 0.288 e. The third kappa shape index (κ3) is 2.64. The molecule has 0 unspecified atom stereocenters. The summed E-state index contributed by atoms with van der Waals surface area (Å²) in [7, 11) is 0. The van der Waals surface area contributed by atoms with E-state index in [4.69, 9.17) is 0 Å². The highest BCUT2D eigenvalue weighted by Gasteiger charge is 2.15. The van der Waals surface area contributed by atoms with Crippen LogP contribution >= 0.6 is 31.9 Å². The Balaban J connectivity index is 2.51. The van der Waals surface area contributed by atoms with Gasteiger partial charge in [0.25, 0.3) is 0 Å². The van der Waals surface area contributed by atoms with Gasteiger partial charge >= 0.3 is 0 Å². The Bertz CT molecular complexity index is 581. The molecule has 0 aliphatic carbocycles. The van der Waals surface area contributed by atoms with Crippen LogP contribution in [-0.2, 0) is 0 Å². The lowest BCUT2D eigenvalue weighted by molar-refractivity contribution is 0.103. The summed E-state index contributed by atoms with van der Waals surface area (Å²) in [6.45, 7) is 1.90. The van der Waals surface area contributed by atoms with Crippen molar-refractivity contribution < 1.29 is 4.79 Å². The van der Waals surface area contributed by atoms with Crippen molar-refractivity contribution in [3.05, 3.63) is 62.3 Å². The van der Waals surface area contributed by atoms with Gasteiger partial charge in [0.1, 0.15) is 0 Å². The van der Waals surface area contributed by atoms with Gasteiger partial charge in [0, 0.05) is 32.5 Å². The summed E-state index contributed by atoms with van der Waals surface area (Å²) in [5.74, 6) is -0.0243.